The molecule has 0 fully saturated rings. The zero-order valence-electron chi connectivity index (χ0n) is 13.3. The minimum Gasteiger partial charge on any atom is -0.368 e. The van der Waals surface area contributed by atoms with E-state index in [1.165, 1.54) is 5.56 Å². The van der Waals surface area contributed by atoms with Crippen LogP contribution in [0, 0.1) is 6.92 Å². The summed E-state index contributed by atoms with van der Waals surface area (Å²) in [4.78, 5) is 17.3. The first-order valence-corrected chi connectivity index (χ1v) is 7.68. The maximum atomic E-state index is 13.0. The van der Waals surface area contributed by atoms with Crippen LogP contribution in [0.25, 0.3) is 5.69 Å². The van der Waals surface area contributed by atoms with Crippen LogP contribution < -0.4 is 5.32 Å². The Morgan fingerprint density at radius 2 is 1.78 bits per heavy atom. The number of hydrogen-bond donors (Lipinski definition) is 1. The highest BCUT2D eigenvalue weighted by molar-refractivity contribution is 6.11. The van der Waals surface area contributed by atoms with Crippen LogP contribution in [-0.2, 0) is 0 Å². The van der Waals surface area contributed by atoms with E-state index in [0.717, 1.165) is 5.69 Å². The molecule has 1 aromatic heterocycles. The predicted molar refractivity (Wildman–Crippen MR) is 92.3 cm³/mol. The number of carbonyl (C=O) groups is 1. The van der Waals surface area contributed by atoms with Crippen molar-refractivity contribution >= 4 is 11.6 Å². The third-order valence-corrected chi connectivity index (χ3v) is 3.67. The molecule has 0 amide bonds. The van der Waals surface area contributed by atoms with Crippen molar-refractivity contribution in [3.05, 3.63) is 77.7 Å². The van der Waals surface area contributed by atoms with Crippen LogP contribution in [0.3, 0.4) is 0 Å². The van der Waals surface area contributed by atoms with Crippen LogP contribution >= 0.6 is 0 Å². The molecule has 0 aliphatic rings. The third kappa shape index (κ3) is 3.01. The van der Waals surface area contributed by atoms with E-state index in [0.29, 0.717) is 23.6 Å². The zero-order valence-corrected chi connectivity index (χ0v) is 13.3. The van der Waals surface area contributed by atoms with E-state index in [1.54, 1.807) is 6.33 Å². The molecular formula is C19H19N3O. The molecule has 0 spiro atoms. The first kappa shape index (κ1) is 15.0. The molecule has 3 aromatic rings. The highest BCUT2D eigenvalue weighted by atomic mass is 16.1. The second-order valence-corrected chi connectivity index (χ2v) is 5.37. The van der Waals surface area contributed by atoms with E-state index in [1.807, 2.05) is 73.0 Å². The average molecular weight is 305 g/mol. The Labute approximate surface area is 135 Å². The van der Waals surface area contributed by atoms with Crippen molar-refractivity contribution in [2.24, 2.45) is 0 Å². The Morgan fingerprint density at radius 1 is 1.09 bits per heavy atom. The van der Waals surface area contributed by atoms with E-state index < -0.39 is 0 Å². The summed E-state index contributed by atoms with van der Waals surface area (Å²) in [6, 6.07) is 17.3. The molecule has 0 atom stereocenters. The van der Waals surface area contributed by atoms with Crippen molar-refractivity contribution in [3.63, 3.8) is 0 Å². The summed E-state index contributed by atoms with van der Waals surface area (Å²) in [6.07, 6.45) is 1.69. The van der Waals surface area contributed by atoms with E-state index in [2.05, 4.69) is 10.3 Å². The molecule has 23 heavy (non-hydrogen) atoms. The summed E-state index contributed by atoms with van der Waals surface area (Å²) in [5.41, 5.74) is 3.31. The molecule has 1 N–H and O–H groups in total. The molecule has 3 rings (SSSR count). The molecule has 4 nitrogen and oxygen atoms in total. The fourth-order valence-electron chi connectivity index (χ4n) is 2.49. The number of carbonyl (C=O) groups excluding carboxylic acids is 1. The highest BCUT2D eigenvalue weighted by Gasteiger charge is 2.20. The first-order valence-electron chi connectivity index (χ1n) is 7.68. The monoisotopic (exact) mass is 305 g/mol. The van der Waals surface area contributed by atoms with Gasteiger partial charge in [-0.25, -0.2) is 4.98 Å². The molecule has 0 aliphatic heterocycles. The van der Waals surface area contributed by atoms with E-state index in [9.17, 15) is 4.79 Å². The lowest BCUT2D eigenvalue weighted by Gasteiger charge is -2.10. The van der Waals surface area contributed by atoms with E-state index in [-0.39, 0.29) is 5.78 Å². The number of ketones is 1. The van der Waals surface area contributed by atoms with Gasteiger partial charge in [0, 0.05) is 17.8 Å². The predicted octanol–water partition coefficient (Wildman–Crippen LogP) is 3.84. The van der Waals surface area contributed by atoms with Gasteiger partial charge >= 0.3 is 0 Å². The molecule has 0 saturated carbocycles. The molecule has 116 valence electrons. The van der Waals surface area contributed by atoms with Crippen molar-refractivity contribution in [2.45, 2.75) is 13.8 Å². The topological polar surface area (TPSA) is 46.9 Å². The molecule has 0 unspecified atom stereocenters. The van der Waals surface area contributed by atoms with Gasteiger partial charge in [-0.15, -0.1) is 0 Å². The fourth-order valence-corrected chi connectivity index (χ4v) is 2.49. The van der Waals surface area contributed by atoms with Gasteiger partial charge in [0.05, 0.1) is 0 Å². The van der Waals surface area contributed by atoms with Crippen molar-refractivity contribution in [1.82, 2.24) is 9.55 Å². The maximum absolute atomic E-state index is 13.0. The lowest BCUT2D eigenvalue weighted by atomic mass is 10.1. The second-order valence-electron chi connectivity index (χ2n) is 5.37. The molecule has 2 aromatic carbocycles. The largest absolute Gasteiger partial charge is 0.368 e. The van der Waals surface area contributed by atoms with Gasteiger partial charge in [-0.3, -0.25) is 9.36 Å². The summed E-state index contributed by atoms with van der Waals surface area (Å²) in [7, 11) is 0. The summed E-state index contributed by atoms with van der Waals surface area (Å²) in [6.45, 7) is 4.74. The SMILES string of the molecule is CCNc1ncn(-c2ccc(C)cc2)c1C(=O)c1ccccc1. The van der Waals surface area contributed by atoms with Crippen molar-refractivity contribution in [1.29, 1.82) is 0 Å². The Hall–Kier alpha value is -2.88. The standard InChI is InChI=1S/C19H19N3O/c1-3-20-19-17(18(23)15-7-5-4-6-8-15)22(13-21-19)16-11-9-14(2)10-12-16/h4-13,20H,3H2,1-2H3. The molecule has 0 saturated heterocycles. The number of imidazole rings is 1. The smallest absolute Gasteiger partial charge is 0.213 e. The van der Waals surface area contributed by atoms with Crippen molar-refractivity contribution < 1.29 is 4.79 Å². The highest BCUT2D eigenvalue weighted by Crippen LogP contribution is 2.22. The minimum absolute atomic E-state index is 0.0420. The van der Waals surface area contributed by atoms with Crippen LogP contribution in [-0.4, -0.2) is 21.9 Å². The van der Waals surface area contributed by atoms with Gasteiger partial charge in [0.15, 0.2) is 5.82 Å². The number of aryl methyl sites for hydroxylation is 1. The van der Waals surface area contributed by atoms with Gasteiger partial charge in [-0.1, -0.05) is 48.0 Å². The fraction of sp³-hybridized carbons (Fsp3) is 0.158. The Morgan fingerprint density at radius 3 is 2.43 bits per heavy atom. The number of benzene rings is 2. The summed E-state index contributed by atoms with van der Waals surface area (Å²) in [5, 5.41) is 3.18. The summed E-state index contributed by atoms with van der Waals surface area (Å²) < 4.78 is 1.84. The Kier molecular flexibility index (Phi) is 4.24. The molecule has 4 heteroatoms. The maximum Gasteiger partial charge on any atom is 0.213 e. The quantitative estimate of drug-likeness (QED) is 0.728. The second kappa shape index (κ2) is 6.48. The van der Waals surface area contributed by atoms with Gasteiger partial charge in [-0.05, 0) is 26.0 Å². The average Bonchev–Trinajstić information content (AvgIpc) is 3.00. The van der Waals surface area contributed by atoms with Crippen LogP contribution in [0.4, 0.5) is 5.82 Å². The van der Waals surface area contributed by atoms with E-state index >= 15 is 0 Å². The molecule has 0 aliphatic carbocycles. The van der Waals surface area contributed by atoms with Gasteiger partial charge in [0.1, 0.15) is 12.0 Å². The lowest BCUT2D eigenvalue weighted by Crippen LogP contribution is -2.12. The van der Waals surface area contributed by atoms with Gasteiger partial charge in [0.2, 0.25) is 5.78 Å². The number of nitrogens with one attached hydrogen (secondary N) is 1. The van der Waals surface area contributed by atoms with Crippen LogP contribution in [0.2, 0.25) is 0 Å². The summed E-state index contributed by atoms with van der Waals surface area (Å²) in [5.74, 6) is 0.571. The molecule has 1 heterocycles. The number of hydrogen-bond acceptors (Lipinski definition) is 3. The number of anilines is 1. The van der Waals surface area contributed by atoms with Crippen molar-refractivity contribution in [3.8, 4) is 5.69 Å². The number of rotatable bonds is 5. The Bertz CT molecular complexity index is 804. The van der Waals surface area contributed by atoms with E-state index in [4.69, 9.17) is 0 Å². The number of aromatic nitrogens is 2. The molecular weight excluding hydrogens is 286 g/mol. The zero-order chi connectivity index (χ0) is 16.2. The van der Waals surface area contributed by atoms with Crippen LogP contribution in [0.1, 0.15) is 28.5 Å². The third-order valence-electron chi connectivity index (χ3n) is 3.67. The van der Waals surface area contributed by atoms with Gasteiger partial charge in [-0.2, -0.15) is 0 Å². The minimum atomic E-state index is -0.0420. The molecule has 0 radical (unpaired) electrons. The van der Waals surface area contributed by atoms with Crippen molar-refractivity contribution in [2.75, 3.05) is 11.9 Å². The van der Waals surface area contributed by atoms with Crippen LogP contribution in [0.5, 0.6) is 0 Å². The van der Waals surface area contributed by atoms with Crippen LogP contribution in [0.15, 0.2) is 60.9 Å². The Balaban J connectivity index is 2.11. The summed E-state index contributed by atoms with van der Waals surface area (Å²) >= 11 is 0. The van der Waals surface area contributed by atoms with Gasteiger partial charge < -0.3 is 5.32 Å². The van der Waals surface area contributed by atoms with Gasteiger partial charge in [0.25, 0.3) is 0 Å². The first-order chi connectivity index (χ1) is 11.2. The lowest BCUT2D eigenvalue weighted by molar-refractivity contribution is 0.103. The molecule has 0 bridgehead atoms. The normalized spacial score (nSPS) is 10.5. The number of nitrogens with zero attached hydrogens (tertiary/aromatic N) is 2.